The Morgan fingerprint density at radius 3 is 2.47 bits per heavy atom. The van der Waals surface area contributed by atoms with Gasteiger partial charge < -0.3 is 10.4 Å². The zero-order valence-corrected chi connectivity index (χ0v) is 12.4. The molecule has 0 saturated heterocycles. The lowest BCUT2D eigenvalue weighted by Gasteiger charge is -2.31. The summed E-state index contributed by atoms with van der Waals surface area (Å²) >= 11 is 0. The fraction of sp³-hybridized carbons (Fsp3) is 0.562. The summed E-state index contributed by atoms with van der Waals surface area (Å²) in [5.41, 5.74) is 1.72. The van der Waals surface area contributed by atoms with Gasteiger partial charge in [0.15, 0.2) is 0 Å². The van der Waals surface area contributed by atoms with Crippen LogP contribution in [-0.4, -0.2) is 23.7 Å². The number of hydrogen-bond donors (Lipinski definition) is 2. The lowest BCUT2D eigenvalue weighted by atomic mass is 9.84. The van der Waals surface area contributed by atoms with Gasteiger partial charge in [0.25, 0.3) is 5.91 Å². The third-order valence-electron chi connectivity index (χ3n) is 3.41. The highest BCUT2D eigenvalue weighted by Crippen LogP contribution is 2.22. The van der Waals surface area contributed by atoms with Crippen LogP contribution in [0.2, 0.25) is 0 Å². The first-order valence-corrected chi connectivity index (χ1v) is 6.89. The number of aryl methyl sites for hydroxylation is 1. The molecule has 2 N–H and O–H groups in total. The highest BCUT2D eigenvalue weighted by molar-refractivity contribution is 5.95. The molecule has 1 unspecified atom stereocenters. The Bertz CT molecular complexity index is 421. The number of aliphatic hydroxyl groups excluding tert-OH is 1. The average molecular weight is 263 g/mol. The summed E-state index contributed by atoms with van der Waals surface area (Å²) in [7, 11) is 0. The number of aliphatic hydroxyl groups is 1. The van der Waals surface area contributed by atoms with Crippen LogP contribution < -0.4 is 5.32 Å². The van der Waals surface area contributed by atoms with E-state index in [1.54, 1.807) is 0 Å². The Labute approximate surface area is 116 Å². The molecule has 0 aromatic heterocycles. The minimum Gasteiger partial charge on any atom is -0.396 e. The normalized spacial score (nSPS) is 13.1. The van der Waals surface area contributed by atoms with E-state index in [1.807, 2.05) is 31.2 Å². The van der Waals surface area contributed by atoms with Gasteiger partial charge >= 0.3 is 0 Å². The summed E-state index contributed by atoms with van der Waals surface area (Å²) in [6.45, 7) is 8.33. The molecule has 0 aliphatic rings. The maximum Gasteiger partial charge on any atom is 0.251 e. The maximum absolute atomic E-state index is 12.4. The summed E-state index contributed by atoms with van der Waals surface area (Å²) in [5.74, 6) is -0.0502. The molecule has 1 aromatic rings. The van der Waals surface area contributed by atoms with Gasteiger partial charge in [-0.1, -0.05) is 45.9 Å². The molecule has 3 nitrogen and oxygen atoms in total. The minimum absolute atomic E-state index is 0.0325. The molecule has 1 atom stereocenters. The van der Waals surface area contributed by atoms with Crippen molar-refractivity contribution in [3.05, 3.63) is 35.4 Å². The van der Waals surface area contributed by atoms with E-state index in [0.29, 0.717) is 6.42 Å². The third-order valence-corrected chi connectivity index (χ3v) is 3.41. The van der Waals surface area contributed by atoms with Crippen molar-refractivity contribution >= 4 is 5.91 Å². The average Bonchev–Trinajstić information content (AvgIpc) is 2.37. The Balaban J connectivity index is 2.88. The van der Waals surface area contributed by atoms with Gasteiger partial charge in [-0.05, 0) is 29.9 Å². The molecule has 0 aliphatic carbocycles. The molecule has 0 radical (unpaired) electrons. The van der Waals surface area contributed by atoms with Gasteiger partial charge in [0.2, 0.25) is 0 Å². The number of carbonyl (C=O) groups is 1. The van der Waals surface area contributed by atoms with Gasteiger partial charge in [-0.25, -0.2) is 0 Å². The number of carbonyl (C=O) groups excluding carboxylic acids is 1. The predicted octanol–water partition coefficient (Wildman–Crippen LogP) is 2.78. The van der Waals surface area contributed by atoms with Crippen LogP contribution in [0.15, 0.2) is 24.3 Å². The summed E-state index contributed by atoms with van der Waals surface area (Å²) in [4.78, 5) is 12.4. The lowest BCUT2D eigenvalue weighted by molar-refractivity contribution is 0.0884. The highest BCUT2D eigenvalue weighted by Gasteiger charge is 2.26. The zero-order chi connectivity index (χ0) is 14.5. The van der Waals surface area contributed by atoms with Crippen molar-refractivity contribution < 1.29 is 9.90 Å². The van der Waals surface area contributed by atoms with E-state index < -0.39 is 0 Å². The fourth-order valence-electron chi connectivity index (χ4n) is 2.14. The van der Waals surface area contributed by atoms with Crippen molar-refractivity contribution in [3.8, 4) is 0 Å². The minimum atomic E-state index is -0.0699. The van der Waals surface area contributed by atoms with Crippen LogP contribution in [0.25, 0.3) is 0 Å². The number of benzene rings is 1. The van der Waals surface area contributed by atoms with Crippen LogP contribution >= 0.6 is 0 Å². The first kappa shape index (κ1) is 15.7. The number of amides is 1. The highest BCUT2D eigenvalue weighted by atomic mass is 16.3. The number of nitrogens with one attached hydrogen (secondary N) is 1. The molecule has 0 fully saturated rings. The Morgan fingerprint density at radius 1 is 1.32 bits per heavy atom. The number of hydrogen-bond acceptors (Lipinski definition) is 2. The molecule has 1 rings (SSSR count). The second-order valence-corrected chi connectivity index (χ2v) is 5.92. The standard InChI is InChI=1S/C16H25NO2/c1-5-12-8-6-7-9-13(12)15(19)17-14(10-11-18)16(2,3)4/h6-9,14,18H,5,10-11H2,1-4H3,(H,17,19). The van der Waals surface area contributed by atoms with E-state index in [9.17, 15) is 4.79 Å². The SMILES string of the molecule is CCc1ccccc1C(=O)NC(CCO)C(C)(C)C. The smallest absolute Gasteiger partial charge is 0.251 e. The van der Waals surface area contributed by atoms with Crippen LogP contribution in [0, 0.1) is 5.41 Å². The Kier molecular flexibility index (Phi) is 5.55. The second kappa shape index (κ2) is 6.71. The molecule has 19 heavy (non-hydrogen) atoms. The van der Waals surface area contributed by atoms with E-state index >= 15 is 0 Å². The fourth-order valence-corrected chi connectivity index (χ4v) is 2.14. The molecule has 0 saturated carbocycles. The molecule has 0 spiro atoms. The number of rotatable bonds is 5. The van der Waals surface area contributed by atoms with Crippen molar-refractivity contribution in [2.45, 2.75) is 46.6 Å². The zero-order valence-electron chi connectivity index (χ0n) is 12.4. The van der Waals surface area contributed by atoms with Crippen LogP contribution in [0.4, 0.5) is 0 Å². The summed E-state index contributed by atoms with van der Waals surface area (Å²) in [6.07, 6.45) is 1.41. The molecular weight excluding hydrogens is 238 g/mol. The predicted molar refractivity (Wildman–Crippen MR) is 78.2 cm³/mol. The topological polar surface area (TPSA) is 49.3 Å². The second-order valence-electron chi connectivity index (χ2n) is 5.92. The van der Waals surface area contributed by atoms with E-state index in [0.717, 1.165) is 17.5 Å². The monoisotopic (exact) mass is 263 g/mol. The van der Waals surface area contributed by atoms with E-state index in [4.69, 9.17) is 5.11 Å². The first-order chi connectivity index (χ1) is 8.90. The Hall–Kier alpha value is -1.35. The molecule has 1 amide bonds. The molecule has 0 aliphatic heterocycles. The van der Waals surface area contributed by atoms with Crippen LogP contribution in [0.1, 0.15) is 50.0 Å². The van der Waals surface area contributed by atoms with Gasteiger partial charge in [-0.3, -0.25) is 4.79 Å². The van der Waals surface area contributed by atoms with Crippen molar-refractivity contribution in [2.24, 2.45) is 5.41 Å². The van der Waals surface area contributed by atoms with Gasteiger partial charge in [0.05, 0.1) is 0 Å². The maximum atomic E-state index is 12.4. The molecule has 1 aromatic carbocycles. The first-order valence-electron chi connectivity index (χ1n) is 6.89. The lowest BCUT2D eigenvalue weighted by Crippen LogP contribution is -2.44. The van der Waals surface area contributed by atoms with Gasteiger partial charge in [0, 0.05) is 18.2 Å². The molecule has 3 heteroatoms. The van der Waals surface area contributed by atoms with Crippen LogP contribution in [0.3, 0.4) is 0 Å². The quantitative estimate of drug-likeness (QED) is 0.858. The van der Waals surface area contributed by atoms with Crippen LogP contribution in [0.5, 0.6) is 0 Å². The van der Waals surface area contributed by atoms with Crippen molar-refractivity contribution in [3.63, 3.8) is 0 Å². The summed E-state index contributed by atoms with van der Waals surface area (Å²) < 4.78 is 0. The van der Waals surface area contributed by atoms with E-state index in [-0.39, 0.29) is 24.0 Å². The van der Waals surface area contributed by atoms with Gasteiger partial charge in [0.1, 0.15) is 0 Å². The molecule has 0 heterocycles. The third kappa shape index (κ3) is 4.35. The van der Waals surface area contributed by atoms with Crippen molar-refractivity contribution in [1.29, 1.82) is 0 Å². The molecule has 0 bridgehead atoms. The summed E-state index contributed by atoms with van der Waals surface area (Å²) in [6, 6.07) is 7.63. The van der Waals surface area contributed by atoms with Crippen LogP contribution in [-0.2, 0) is 6.42 Å². The molecular formula is C16H25NO2. The van der Waals surface area contributed by atoms with Crippen molar-refractivity contribution in [1.82, 2.24) is 5.32 Å². The largest absolute Gasteiger partial charge is 0.396 e. The van der Waals surface area contributed by atoms with Crippen molar-refractivity contribution in [2.75, 3.05) is 6.61 Å². The Morgan fingerprint density at radius 2 is 1.95 bits per heavy atom. The van der Waals surface area contributed by atoms with Gasteiger partial charge in [-0.2, -0.15) is 0 Å². The van der Waals surface area contributed by atoms with E-state index in [2.05, 4.69) is 26.1 Å². The van der Waals surface area contributed by atoms with E-state index in [1.165, 1.54) is 0 Å². The molecule has 106 valence electrons. The summed E-state index contributed by atoms with van der Waals surface area (Å²) in [5, 5.41) is 12.2. The van der Waals surface area contributed by atoms with Gasteiger partial charge in [-0.15, -0.1) is 0 Å².